The van der Waals surface area contributed by atoms with Crippen LogP contribution in [0.2, 0.25) is 0 Å². The second-order valence-corrected chi connectivity index (χ2v) is 25.3. The van der Waals surface area contributed by atoms with E-state index in [1.165, 1.54) is 36.0 Å². The summed E-state index contributed by atoms with van der Waals surface area (Å²) in [4.78, 5) is 160. The molecule has 2 aromatic carbocycles. The number of hydrogen-bond donors (Lipinski definition) is 19. The first-order valence-corrected chi connectivity index (χ1v) is 33.9. The average molecular weight is 1370 g/mol. The van der Waals surface area contributed by atoms with Crippen LogP contribution < -0.4 is 82.3 Å². The lowest BCUT2D eigenvalue weighted by molar-refractivity contribution is -0.142. The highest BCUT2D eigenvalue weighted by atomic mass is 32.2. The number of guanidine groups is 1. The number of fused-ring (bicyclic) bond motifs is 1. The molecule has 31 nitrogen and oxygen atoms in total. The third-order valence-electron chi connectivity index (χ3n) is 15.8. The summed E-state index contributed by atoms with van der Waals surface area (Å²) in [5.74, 6) is -11.5. The Morgan fingerprint density at radius 1 is 0.500 bits per heavy atom. The molecule has 9 amide bonds. The van der Waals surface area contributed by atoms with Gasteiger partial charge in [-0.05, 0) is 150 Å². The number of phenolic OH excluding ortho intramolecular Hbond substituents is 1. The average Bonchev–Trinajstić information content (AvgIpc) is 1.66. The summed E-state index contributed by atoms with van der Waals surface area (Å²) in [6.45, 7) is 7.51. The molecule has 0 aliphatic carbocycles. The highest BCUT2D eigenvalue weighted by molar-refractivity contribution is 7.98. The number of carboxylic acid groups (broad SMARTS) is 2. The number of aromatic nitrogens is 1. The van der Waals surface area contributed by atoms with E-state index < -0.39 is 150 Å². The normalized spacial score (nSPS) is 14.4. The minimum Gasteiger partial charge on any atom is -0.508 e. The van der Waals surface area contributed by atoms with Gasteiger partial charge in [-0.2, -0.15) is 11.8 Å². The Labute approximate surface area is 564 Å². The van der Waals surface area contributed by atoms with E-state index in [2.05, 4.69) is 57.8 Å². The van der Waals surface area contributed by atoms with Crippen LogP contribution in [0.25, 0.3) is 10.9 Å². The predicted molar refractivity (Wildman–Crippen MR) is 365 cm³/mol. The third-order valence-corrected chi connectivity index (χ3v) is 16.4. The van der Waals surface area contributed by atoms with Gasteiger partial charge in [0, 0.05) is 42.9 Å². The van der Waals surface area contributed by atoms with Gasteiger partial charge in [0.25, 0.3) is 0 Å². The first-order chi connectivity index (χ1) is 45.6. The van der Waals surface area contributed by atoms with Crippen molar-refractivity contribution in [3.05, 3.63) is 65.9 Å². The number of thioether (sulfide) groups is 1. The van der Waals surface area contributed by atoms with Crippen molar-refractivity contribution in [2.45, 2.75) is 191 Å². The van der Waals surface area contributed by atoms with Gasteiger partial charge in [-0.25, -0.2) is 4.79 Å². The lowest BCUT2D eigenvalue weighted by atomic mass is 9.98. The lowest BCUT2D eigenvalue weighted by Crippen LogP contribution is -2.62. The number of aliphatic imine (C=N–C) groups is 1. The van der Waals surface area contributed by atoms with Crippen LogP contribution in [0.15, 0.2) is 59.7 Å². The van der Waals surface area contributed by atoms with Gasteiger partial charge < -0.3 is 103 Å². The van der Waals surface area contributed by atoms with E-state index >= 15 is 0 Å². The van der Waals surface area contributed by atoms with Crippen molar-refractivity contribution in [1.82, 2.24) is 52.8 Å². The minimum atomic E-state index is -1.63. The molecule has 0 aliphatic rings. The van der Waals surface area contributed by atoms with Gasteiger partial charge in [-0.1, -0.05) is 64.4 Å². The number of hydrogen-bond acceptors (Lipinski definition) is 18. The number of nitrogens with two attached hydrogens (primary N) is 6. The van der Waals surface area contributed by atoms with Crippen LogP contribution in [0, 0.1) is 11.8 Å². The number of H-pyrrole nitrogens is 1. The van der Waals surface area contributed by atoms with Gasteiger partial charge in [0.2, 0.25) is 53.2 Å². The van der Waals surface area contributed by atoms with E-state index in [0.717, 1.165) is 10.9 Å². The molecule has 3 rings (SSSR count). The van der Waals surface area contributed by atoms with Crippen molar-refractivity contribution in [2.24, 2.45) is 51.2 Å². The molecule has 1 heterocycles. The highest BCUT2D eigenvalue weighted by Gasteiger charge is 2.38. The van der Waals surface area contributed by atoms with E-state index in [9.17, 15) is 68.1 Å². The summed E-state index contributed by atoms with van der Waals surface area (Å²) in [5, 5.41) is 54.6. The Morgan fingerprint density at radius 3 is 1.45 bits per heavy atom. The number of carbonyl (C=O) groups is 11. The van der Waals surface area contributed by atoms with Crippen molar-refractivity contribution in [3.8, 4) is 5.75 Å². The number of carbonyl (C=O) groups excluding carboxylic acids is 9. The van der Waals surface area contributed by atoms with E-state index in [1.807, 2.05) is 18.2 Å². The van der Waals surface area contributed by atoms with Crippen LogP contribution in [0.4, 0.5) is 0 Å². The zero-order valence-corrected chi connectivity index (χ0v) is 56.4. The van der Waals surface area contributed by atoms with E-state index in [4.69, 9.17) is 34.4 Å². The number of phenols is 1. The van der Waals surface area contributed by atoms with Gasteiger partial charge in [0.15, 0.2) is 5.96 Å². The van der Waals surface area contributed by atoms with Crippen molar-refractivity contribution in [2.75, 3.05) is 38.2 Å². The standard InChI is InChI=1S/C64H103N17O14S/c1-36(2)52(61(92)76-47(27-32-96-5)58(89)79-50(34-39-35-72-43-17-7-6-15-41(39)43)59(90)74-44(18-9-12-29-66)56(87)77-48(63(94)95)19-10-13-30-67)81-62(93)53(37(3)4)80-60(91)49(33-38-21-23-40(82)24-22-38)78-57(88)46(25-26-51(83)84)75-55(86)45(20-14-31-71-64(69)70)73-54(85)42(68)16-8-11-28-65/h6-7,15,17,21-24,35-37,42,44-50,52-53,72,82H,8-14,16,18-20,25-34,65-68H2,1-5H3,(H,73,85)(H,74,90)(H,75,86)(H,76,92)(H,77,87)(H,78,88)(H,79,89)(H,80,91)(H,81,93)(H,83,84)(H,94,95)(H4,69,70,71)/t42-,44-,45-,46-,47-,48-,49-,50-,52-,53-/m0/s1. The van der Waals surface area contributed by atoms with Gasteiger partial charge in [-0.15, -0.1) is 0 Å². The molecule has 0 spiro atoms. The largest absolute Gasteiger partial charge is 0.508 e. The summed E-state index contributed by atoms with van der Waals surface area (Å²) >= 11 is 1.36. The Kier molecular flexibility index (Phi) is 37.0. The molecule has 0 bridgehead atoms. The molecule has 25 N–H and O–H groups in total. The summed E-state index contributed by atoms with van der Waals surface area (Å²) in [7, 11) is 0. The molecule has 534 valence electrons. The minimum absolute atomic E-state index is 0.0337. The van der Waals surface area contributed by atoms with Gasteiger partial charge in [0.05, 0.1) is 6.04 Å². The molecular weight excluding hydrogens is 1260 g/mol. The molecular formula is C64H103N17O14S. The smallest absolute Gasteiger partial charge is 0.326 e. The molecule has 0 saturated heterocycles. The molecule has 0 fully saturated rings. The van der Waals surface area contributed by atoms with Crippen LogP contribution >= 0.6 is 11.8 Å². The molecule has 10 atom stereocenters. The first-order valence-electron chi connectivity index (χ1n) is 32.6. The SMILES string of the molecule is CSCC[C@H](NC(=O)[C@@H](NC(=O)[C@@H](NC(=O)[C@H](Cc1ccc(O)cc1)NC(=O)[C@H](CCC(=O)O)NC(=O)[C@H](CCCN=C(N)N)NC(=O)[C@@H](N)CCCCN)C(C)C)C(C)C)C(=O)N[C@@H](Cc1c[nH]c2ccccc12)C(=O)N[C@@H](CCCCN)C(=O)N[C@@H](CCCCN)C(=O)O. The predicted octanol–water partition coefficient (Wildman–Crippen LogP) is -1.20. The molecule has 1 aromatic heterocycles. The Bertz CT molecular complexity index is 3040. The number of carboxylic acids is 2. The summed E-state index contributed by atoms with van der Waals surface area (Å²) in [6, 6.07) is -0.654. The van der Waals surface area contributed by atoms with Crippen LogP contribution in [0.1, 0.15) is 129 Å². The number of unbranched alkanes of at least 4 members (excludes halogenated alkanes) is 3. The number of rotatable bonds is 47. The Morgan fingerprint density at radius 2 is 0.927 bits per heavy atom. The number of nitrogens with zero attached hydrogens (tertiary/aromatic N) is 1. The fraction of sp³-hybridized carbons (Fsp3) is 0.594. The van der Waals surface area contributed by atoms with Gasteiger partial charge >= 0.3 is 11.9 Å². The third kappa shape index (κ3) is 29.2. The second kappa shape index (κ2) is 43.5. The van der Waals surface area contributed by atoms with Crippen LogP contribution in [-0.4, -0.2) is 190 Å². The molecule has 0 radical (unpaired) electrons. The Balaban J connectivity index is 1.98. The molecule has 0 aliphatic heterocycles. The second-order valence-electron chi connectivity index (χ2n) is 24.3. The topological polar surface area (TPSA) is 541 Å². The fourth-order valence-electron chi connectivity index (χ4n) is 10.2. The van der Waals surface area contributed by atoms with Crippen molar-refractivity contribution < 1.29 is 68.1 Å². The van der Waals surface area contributed by atoms with Crippen LogP contribution in [0.5, 0.6) is 5.75 Å². The molecule has 96 heavy (non-hydrogen) atoms. The van der Waals surface area contributed by atoms with Gasteiger partial charge in [0.1, 0.15) is 60.1 Å². The maximum Gasteiger partial charge on any atom is 0.326 e. The first kappa shape index (κ1) is 81.6. The number of nitrogens with one attached hydrogen (secondary N) is 10. The van der Waals surface area contributed by atoms with Crippen molar-refractivity contribution >= 4 is 93.7 Å². The number of benzene rings is 2. The van der Waals surface area contributed by atoms with E-state index in [1.54, 1.807) is 46.2 Å². The number of aromatic hydroxyl groups is 1. The lowest BCUT2D eigenvalue weighted by Gasteiger charge is -2.30. The van der Waals surface area contributed by atoms with Crippen molar-refractivity contribution in [1.29, 1.82) is 0 Å². The highest BCUT2D eigenvalue weighted by Crippen LogP contribution is 2.21. The fourth-order valence-corrected chi connectivity index (χ4v) is 10.7. The maximum absolute atomic E-state index is 14.7. The summed E-state index contributed by atoms with van der Waals surface area (Å²) < 4.78 is 0. The Hall–Kier alpha value is -8.59. The van der Waals surface area contributed by atoms with Crippen molar-refractivity contribution in [3.63, 3.8) is 0 Å². The van der Waals surface area contributed by atoms with Crippen LogP contribution in [0.3, 0.4) is 0 Å². The van der Waals surface area contributed by atoms with E-state index in [-0.39, 0.29) is 76.2 Å². The number of aliphatic carboxylic acids is 2. The number of para-hydroxylation sites is 1. The molecule has 0 unspecified atom stereocenters. The van der Waals surface area contributed by atoms with Crippen LogP contribution in [-0.2, 0) is 65.6 Å². The quantitative estimate of drug-likeness (QED) is 0.0179. The maximum atomic E-state index is 14.7. The summed E-state index contributed by atoms with van der Waals surface area (Å²) in [5.41, 5.74) is 35.9. The number of aromatic amines is 1. The zero-order chi connectivity index (χ0) is 71.4. The molecule has 3 aromatic rings. The summed E-state index contributed by atoms with van der Waals surface area (Å²) in [6.07, 6.45) is 5.41. The van der Waals surface area contributed by atoms with E-state index in [0.29, 0.717) is 68.5 Å². The molecule has 0 saturated carbocycles. The molecule has 32 heteroatoms. The zero-order valence-electron chi connectivity index (χ0n) is 55.6. The number of amides is 9. The monoisotopic (exact) mass is 1370 g/mol. The van der Waals surface area contributed by atoms with Gasteiger partial charge in [-0.3, -0.25) is 52.9 Å².